The minimum absolute atomic E-state index is 0.150. The quantitative estimate of drug-likeness (QED) is 0.540. The zero-order chi connectivity index (χ0) is 15.3. The van der Waals surface area contributed by atoms with Gasteiger partial charge in [0.2, 0.25) is 0 Å². The fourth-order valence-corrected chi connectivity index (χ4v) is 2.98. The van der Waals surface area contributed by atoms with Crippen molar-refractivity contribution in [3.63, 3.8) is 0 Å². The smallest absolute Gasteiger partial charge is 0.272 e. The van der Waals surface area contributed by atoms with Gasteiger partial charge in [-0.25, -0.2) is 4.39 Å². The maximum Gasteiger partial charge on any atom is 0.272 e. The highest BCUT2D eigenvalue weighted by Gasteiger charge is 2.09. The molecule has 0 saturated carbocycles. The van der Waals surface area contributed by atoms with Crippen LogP contribution in [0.1, 0.15) is 0 Å². The van der Waals surface area contributed by atoms with Crippen molar-refractivity contribution in [2.75, 3.05) is 0 Å². The van der Waals surface area contributed by atoms with Gasteiger partial charge in [0, 0.05) is 16.2 Å². The molecule has 108 valence electrons. The molecule has 0 saturated heterocycles. The highest BCUT2D eigenvalue weighted by atomic mass is 79.9. The molecular weight excluding hydrogens is 347 g/mol. The molecule has 0 atom stereocenters. The van der Waals surface area contributed by atoms with Crippen LogP contribution in [0.3, 0.4) is 0 Å². The molecule has 0 fully saturated rings. The van der Waals surface area contributed by atoms with E-state index in [0.29, 0.717) is 5.52 Å². The van der Waals surface area contributed by atoms with Gasteiger partial charge < -0.3 is 9.38 Å². The highest BCUT2D eigenvalue weighted by Crippen LogP contribution is 2.25. The number of hydrogen-bond acceptors (Lipinski definition) is 1. The largest absolute Gasteiger partial charge is 0.319 e. The van der Waals surface area contributed by atoms with E-state index in [1.165, 1.54) is 12.1 Å². The second kappa shape index (κ2) is 4.81. The van der Waals surface area contributed by atoms with Crippen molar-refractivity contribution in [3.8, 4) is 11.1 Å². The van der Waals surface area contributed by atoms with Gasteiger partial charge in [-0.3, -0.25) is 4.79 Å². The molecule has 0 spiro atoms. The van der Waals surface area contributed by atoms with Crippen LogP contribution in [0.2, 0.25) is 0 Å². The van der Waals surface area contributed by atoms with Crippen LogP contribution in [-0.4, -0.2) is 9.38 Å². The van der Waals surface area contributed by atoms with Gasteiger partial charge in [-0.2, -0.15) is 0 Å². The lowest BCUT2D eigenvalue weighted by Crippen LogP contribution is -2.09. The molecule has 1 N–H and O–H groups in total. The van der Waals surface area contributed by atoms with Crippen LogP contribution in [-0.2, 0) is 0 Å². The summed E-state index contributed by atoms with van der Waals surface area (Å²) in [4.78, 5) is 15.1. The SMILES string of the molecule is O=c1[nH]c2ccc(Br)cc2n2cc(-c3ccc(F)cc3)cc12. The number of aromatic amines is 1. The predicted molar refractivity (Wildman–Crippen MR) is 88.6 cm³/mol. The van der Waals surface area contributed by atoms with E-state index < -0.39 is 0 Å². The number of aromatic nitrogens is 2. The van der Waals surface area contributed by atoms with Crippen LogP contribution in [0.25, 0.3) is 27.7 Å². The van der Waals surface area contributed by atoms with E-state index in [4.69, 9.17) is 0 Å². The first-order valence-corrected chi connectivity index (χ1v) is 7.51. The molecule has 2 aromatic heterocycles. The molecule has 4 rings (SSSR count). The fraction of sp³-hybridized carbons (Fsp3) is 0. The highest BCUT2D eigenvalue weighted by molar-refractivity contribution is 9.10. The maximum absolute atomic E-state index is 13.1. The number of hydrogen-bond donors (Lipinski definition) is 1. The molecule has 0 unspecified atom stereocenters. The predicted octanol–water partition coefficient (Wildman–Crippen LogP) is 4.35. The Balaban J connectivity index is 2.06. The van der Waals surface area contributed by atoms with Crippen LogP contribution in [0.5, 0.6) is 0 Å². The number of benzene rings is 2. The Morgan fingerprint density at radius 1 is 0.955 bits per heavy atom. The molecule has 22 heavy (non-hydrogen) atoms. The molecule has 0 bridgehead atoms. The van der Waals surface area contributed by atoms with Crippen molar-refractivity contribution in [3.05, 3.63) is 75.4 Å². The Morgan fingerprint density at radius 3 is 2.50 bits per heavy atom. The third-order valence-electron chi connectivity index (χ3n) is 3.70. The van der Waals surface area contributed by atoms with Gasteiger partial charge in [0.25, 0.3) is 5.56 Å². The summed E-state index contributed by atoms with van der Waals surface area (Å²) < 4.78 is 15.9. The Morgan fingerprint density at radius 2 is 1.73 bits per heavy atom. The molecule has 0 aliphatic carbocycles. The Hall–Kier alpha value is -2.40. The monoisotopic (exact) mass is 356 g/mol. The van der Waals surface area contributed by atoms with Crippen molar-refractivity contribution in [1.29, 1.82) is 0 Å². The van der Waals surface area contributed by atoms with E-state index >= 15 is 0 Å². The number of fused-ring (bicyclic) bond motifs is 3. The van der Waals surface area contributed by atoms with Gasteiger partial charge in [-0.15, -0.1) is 0 Å². The van der Waals surface area contributed by atoms with Gasteiger partial charge in [0.1, 0.15) is 11.3 Å². The lowest BCUT2D eigenvalue weighted by atomic mass is 10.1. The molecular formula is C17H10BrFN2O. The lowest BCUT2D eigenvalue weighted by Gasteiger charge is -2.02. The normalized spacial score (nSPS) is 11.4. The first kappa shape index (κ1) is 13.3. The van der Waals surface area contributed by atoms with Gasteiger partial charge in [-0.05, 0) is 42.0 Å². The summed E-state index contributed by atoms with van der Waals surface area (Å²) in [5, 5.41) is 0. The van der Waals surface area contributed by atoms with E-state index in [-0.39, 0.29) is 11.4 Å². The molecule has 0 radical (unpaired) electrons. The molecule has 2 aromatic carbocycles. The molecule has 0 aliphatic rings. The number of nitrogens with zero attached hydrogens (tertiary/aromatic N) is 1. The Kier molecular flexibility index (Phi) is 2.90. The number of rotatable bonds is 1. The fourth-order valence-electron chi connectivity index (χ4n) is 2.63. The molecule has 3 nitrogen and oxygen atoms in total. The van der Waals surface area contributed by atoms with Crippen molar-refractivity contribution in [2.45, 2.75) is 0 Å². The second-order valence-corrected chi connectivity index (χ2v) is 6.02. The van der Waals surface area contributed by atoms with Gasteiger partial charge in [-0.1, -0.05) is 28.1 Å². The maximum atomic E-state index is 13.1. The average Bonchev–Trinajstić information content (AvgIpc) is 2.95. The minimum Gasteiger partial charge on any atom is -0.319 e. The topological polar surface area (TPSA) is 37.3 Å². The standard InChI is InChI=1S/C17H10BrFN2O/c18-12-3-6-14-15(8-12)21-9-11(7-16(21)17(22)20-14)10-1-4-13(19)5-2-10/h1-9H,(H,20,22). The van der Waals surface area contributed by atoms with Crippen molar-refractivity contribution < 1.29 is 4.39 Å². The van der Waals surface area contributed by atoms with Crippen molar-refractivity contribution >= 4 is 32.5 Å². The third kappa shape index (κ3) is 2.05. The molecule has 0 aliphatic heterocycles. The van der Waals surface area contributed by atoms with Gasteiger partial charge >= 0.3 is 0 Å². The molecule has 0 amide bonds. The zero-order valence-electron chi connectivity index (χ0n) is 11.3. The van der Waals surface area contributed by atoms with E-state index in [0.717, 1.165) is 26.6 Å². The number of halogens is 2. The molecule has 4 aromatic rings. The van der Waals surface area contributed by atoms with E-state index in [9.17, 15) is 9.18 Å². The van der Waals surface area contributed by atoms with Crippen LogP contribution < -0.4 is 5.56 Å². The number of H-pyrrole nitrogens is 1. The Labute approximate surface area is 133 Å². The summed E-state index contributed by atoms with van der Waals surface area (Å²) in [6, 6.07) is 13.7. The minimum atomic E-state index is -0.278. The van der Waals surface area contributed by atoms with Gasteiger partial charge in [0.15, 0.2) is 0 Å². The van der Waals surface area contributed by atoms with Crippen LogP contribution in [0, 0.1) is 5.82 Å². The summed E-state index contributed by atoms with van der Waals surface area (Å²) in [5.74, 6) is -0.278. The molecule has 5 heteroatoms. The second-order valence-electron chi connectivity index (χ2n) is 5.11. The van der Waals surface area contributed by atoms with E-state index in [1.54, 1.807) is 12.1 Å². The van der Waals surface area contributed by atoms with Gasteiger partial charge in [0.05, 0.1) is 11.0 Å². The van der Waals surface area contributed by atoms with E-state index in [1.807, 2.05) is 34.9 Å². The average molecular weight is 357 g/mol. The molecule has 2 heterocycles. The van der Waals surface area contributed by atoms with Crippen molar-refractivity contribution in [2.24, 2.45) is 0 Å². The summed E-state index contributed by atoms with van der Waals surface area (Å²) in [6.45, 7) is 0. The van der Waals surface area contributed by atoms with E-state index in [2.05, 4.69) is 20.9 Å². The third-order valence-corrected chi connectivity index (χ3v) is 4.19. The summed E-state index contributed by atoms with van der Waals surface area (Å²) in [6.07, 6.45) is 1.90. The first-order chi connectivity index (χ1) is 10.6. The first-order valence-electron chi connectivity index (χ1n) is 6.71. The van der Waals surface area contributed by atoms with Crippen LogP contribution in [0.15, 0.2) is 64.0 Å². The number of nitrogens with one attached hydrogen (secondary N) is 1. The zero-order valence-corrected chi connectivity index (χ0v) is 12.9. The van der Waals surface area contributed by atoms with Crippen LogP contribution in [0.4, 0.5) is 4.39 Å². The van der Waals surface area contributed by atoms with Crippen molar-refractivity contribution in [1.82, 2.24) is 9.38 Å². The summed E-state index contributed by atoms with van der Waals surface area (Å²) in [7, 11) is 0. The Bertz CT molecular complexity index is 1060. The lowest BCUT2D eigenvalue weighted by molar-refractivity contribution is 0.628. The summed E-state index contributed by atoms with van der Waals surface area (Å²) in [5.41, 5.74) is 3.82. The summed E-state index contributed by atoms with van der Waals surface area (Å²) >= 11 is 3.45. The van der Waals surface area contributed by atoms with Crippen LogP contribution >= 0.6 is 15.9 Å².